The normalized spacial score (nSPS) is 14.7. The third-order valence-corrected chi connectivity index (χ3v) is 5.76. The quantitative estimate of drug-likeness (QED) is 0.331. The van der Waals surface area contributed by atoms with E-state index in [2.05, 4.69) is 12.2 Å². The number of carbonyl (C=O) groups excluding carboxylic acids is 2. The highest BCUT2D eigenvalue weighted by molar-refractivity contribution is 6.12. The van der Waals surface area contributed by atoms with Crippen molar-refractivity contribution in [3.8, 4) is 11.5 Å². The summed E-state index contributed by atoms with van der Waals surface area (Å²) in [5, 5.41) is 3.00. The van der Waals surface area contributed by atoms with E-state index in [9.17, 15) is 9.59 Å². The van der Waals surface area contributed by atoms with Crippen LogP contribution in [-0.4, -0.2) is 25.0 Å². The number of amides is 2. The fourth-order valence-electron chi connectivity index (χ4n) is 3.82. The highest BCUT2D eigenvalue weighted by Gasteiger charge is 2.31. The molecule has 1 heterocycles. The van der Waals surface area contributed by atoms with Crippen LogP contribution in [0.2, 0.25) is 0 Å². The number of benzene rings is 3. The monoisotopic (exact) mass is 470 g/mol. The Morgan fingerprint density at radius 2 is 1.74 bits per heavy atom. The Labute approximate surface area is 206 Å². The van der Waals surface area contributed by atoms with Crippen molar-refractivity contribution >= 4 is 23.6 Å². The van der Waals surface area contributed by atoms with Gasteiger partial charge in [0.15, 0.2) is 11.5 Å². The van der Waals surface area contributed by atoms with Crippen molar-refractivity contribution in [1.82, 2.24) is 5.32 Å². The lowest BCUT2D eigenvalue weighted by atomic mass is 10.1. The molecule has 180 valence electrons. The molecule has 1 atom stereocenters. The van der Waals surface area contributed by atoms with Gasteiger partial charge >= 0.3 is 0 Å². The summed E-state index contributed by atoms with van der Waals surface area (Å²) in [4.78, 5) is 27.7. The van der Waals surface area contributed by atoms with E-state index in [0.29, 0.717) is 18.0 Å². The van der Waals surface area contributed by atoms with Crippen LogP contribution in [0, 0.1) is 0 Å². The molecule has 0 spiro atoms. The first-order chi connectivity index (χ1) is 17.0. The topological polar surface area (TPSA) is 67.9 Å². The van der Waals surface area contributed by atoms with Crippen molar-refractivity contribution in [3.05, 3.63) is 95.7 Å². The van der Waals surface area contributed by atoms with Crippen molar-refractivity contribution in [2.75, 3.05) is 18.1 Å². The maximum absolute atomic E-state index is 13.3. The van der Waals surface area contributed by atoms with Crippen LogP contribution in [0.5, 0.6) is 11.5 Å². The van der Waals surface area contributed by atoms with E-state index in [1.54, 1.807) is 18.2 Å². The molecule has 1 aliphatic heterocycles. The summed E-state index contributed by atoms with van der Waals surface area (Å²) in [6.45, 7) is 4.62. The molecule has 0 aromatic heterocycles. The van der Waals surface area contributed by atoms with Crippen molar-refractivity contribution in [2.45, 2.75) is 32.7 Å². The van der Waals surface area contributed by atoms with Crippen LogP contribution in [0.15, 0.2) is 84.6 Å². The SMILES string of the molecule is CCCCOc1ccc([C@H](C)NC(=O)CN2C(=O)/C(=C\c3ccccc3)Oc3ccccc32)cc1. The summed E-state index contributed by atoms with van der Waals surface area (Å²) < 4.78 is 11.6. The van der Waals surface area contributed by atoms with Crippen LogP contribution < -0.4 is 19.7 Å². The van der Waals surface area contributed by atoms with Crippen molar-refractivity contribution in [3.63, 3.8) is 0 Å². The average Bonchev–Trinajstić information content (AvgIpc) is 2.87. The minimum absolute atomic E-state index is 0.117. The molecular formula is C29H30N2O4. The van der Waals surface area contributed by atoms with Gasteiger partial charge in [-0.3, -0.25) is 14.5 Å². The lowest BCUT2D eigenvalue weighted by Gasteiger charge is -2.30. The first kappa shape index (κ1) is 24.1. The van der Waals surface area contributed by atoms with Gasteiger partial charge in [-0.2, -0.15) is 0 Å². The standard InChI is InChI=1S/C29H30N2O4/c1-3-4-18-34-24-16-14-23(15-17-24)21(2)30-28(32)20-31-25-12-8-9-13-26(25)35-27(29(31)33)19-22-10-6-5-7-11-22/h5-17,19,21H,3-4,18,20H2,1-2H3,(H,30,32)/b27-19+/t21-/m0/s1. The van der Waals surface area contributed by atoms with E-state index < -0.39 is 0 Å². The average molecular weight is 471 g/mol. The van der Waals surface area contributed by atoms with Gasteiger partial charge < -0.3 is 14.8 Å². The molecule has 0 fully saturated rings. The van der Waals surface area contributed by atoms with Crippen LogP contribution in [0.25, 0.3) is 6.08 Å². The summed E-state index contributed by atoms with van der Waals surface area (Å²) in [6, 6.07) is 24.2. The van der Waals surface area contributed by atoms with Crippen LogP contribution in [0.3, 0.4) is 0 Å². The third-order valence-electron chi connectivity index (χ3n) is 5.76. The Bertz CT molecular complexity index is 1190. The van der Waals surface area contributed by atoms with Gasteiger partial charge in [0.2, 0.25) is 5.91 Å². The second-order valence-corrected chi connectivity index (χ2v) is 8.44. The second kappa shape index (κ2) is 11.4. The predicted molar refractivity (Wildman–Crippen MR) is 137 cm³/mol. The van der Waals surface area contributed by atoms with Gasteiger partial charge in [0.1, 0.15) is 12.3 Å². The Balaban J connectivity index is 1.45. The predicted octanol–water partition coefficient (Wildman–Crippen LogP) is 5.51. The summed E-state index contributed by atoms with van der Waals surface area (Å²) in [7, 11) is 0. The number of rotatable bonds is 9. The molecule has 35 heavy (non-hydrogen) atoms. The van der Waals surface area contributed by atoms with Gasteiger partial charge in [-0.05, 0) is 54.8 Å². The Hall–Kier alpha value is -4.06. The molecule has 0 saturated carbocycles. The number of hydrogen-bond acceptors (Lipinski definition) is 4. The second-order valence-electron chi connectivity index (χ2n) is 8.44. The first-order valence-electron chi connectivity index (χ1n) is 11.9. The van der Waals surface area contributed by atoms with E-state index >= 15 is 0 Å². The number of nitrogens with one attached hydrogen (secondary N) is 1. The highest BCUT2D eigenvalue weighted by Crippen LogP contribution is 2.35. The van der Waals surface area contributed by atoms with Crippen LogP contribution in [-0.2, 0) is 9.59 Å². The third kappa shape index (κ3) is 6.09. The van der Waals surface area contributed by atoms with Gasteiger partial charge in [-0.1, -0.05) is 67.9 Å². The van der Waals surface area contributed by atoms with Crippen molar-refractivity contribution in [1.29, 1.82) is 0 Å². The number of fused-ring (bicyclic) bond motifs is 1. The Morgan fingerprint density at radius 1 is 1.03 bits per heavy atom. The number of hydrogen-bond donors (Lipinski definition) is 1. The fraction of sp³-hybridized carbons (Fsp3) is 0.241. The molecule has 0 bridgehead atoms. The largest absolute Gasteiger partial charge is 0.494 e. The molecule has 0 saturated heterocycles. The van der Waals surface area contributed by atoms with Gasteiger partial charge in [-0.25, -0.2) is 0 Å². The summed E-state index contributed by atoms with van der Waals surface area (Å²) >= 11 is 0. The van der Waals surface area contributed by atoms with E-state index in [1.807, 2.05) is 73.7 Å². The molecule has 0 aliphatic carbocycles. The fourth-order valence-corrected chi connectivity index (χ4v) is 3.82. The van der Waals surface area contributed by atoms with E-state index in [1.165, 1.54) is 4.90 Å². The number of nitrogens with zero attached hydrogens (tertiary/aromatic N) is 1. The Morgan fingerprint density at radius 3 is 2.49 bits per heavy atom. The van der Waals surface area contributed by atoms with Crippen LogP contribution in [0.1, 0.15) is 43.9 Å². The first-order valence-corrected chi connectivity index (χ1v) is 11.9. The molecule has 4 rings (SSSR count). The van der Waals surface area contributed by atoms with Crippen molar-refractivity contribution < 1.29 is 19.1 Å². The molecular weight excluding hydrogens is 440 g/mol. The summed E-state index contributed by atoms with van der Waals surface area (Å²) in [5.74, 6) is 0.908. The number of ether oxygens (including phenoxy) is 2. The zero-order chi connectivity index (χ0) is 24.6. The molecule has 1 aliphatic rings. The highest BCUT2D eigenvalue weighted by atomic mass is 16.5. The van der Waals surface area contributed by atoms with Gasteiger partial charge in [0.05, 0.1) is 18.3 Å². The maximum Gasteiger partial charge on any atom is 0.294 e. The summed E-state index contributed by atoms with van der Waals surface area (Å²) in [5.41, 5.74) is 2.37. The van der Waals surface area contributed by atoms with Crippen LogP contribution >= 0.6 is 0 Å². The zero-order valence-electron chi connectivity index (χ0n) is 20.1. The minimum Gasteiger partial charge on any atom is -0.494 e. The molecule has 0 radical (unpaired) electrons. The number of para-hydroxylation sites is 2. The molecule has 3 aromatic carbocycles. The molecule has 3 aromatic rings. The number of carbonyl (C=O) groups is 2. The molecule has 6 nitrogen and oxygen atoms in total. The summed E-state index contributed by atoms with van der Waals surface area (Å²) in [6.07, 6.45) is 3.79. The van der Waals surface area contributed by atoms with E-state index in [0.717, 1.165) is 29.7 Å². The minimum atomic E-state index is -0.357. The lowest BCUT2D eigenvalue weighted by Crippen LogP contribution is -2.44. The van der Waals surface area contributed by atoms with Crippen molar-refractivity contribution in [2.24, 2.45) is 0 Å². The van der Waals surface area contributed by atoms with Crippen LogP contribution in [0.4, 0.5) is 5.69 Å². The Kier molecular flexibility index (Phi) is 7.83. The van der Waals surface area contributed by atoms with E-state index in [4.69, 9.17) is 9.47 Å². The number of unbranched alkanes of at least 4 members (excludes halogenated alkanes) is 1. The van der Waals surface area contributed by atoms with Gasteiger partial charge in [-0.15, -0.1) is 0 Å². The van der Waals surface area contributed by atoms with E-state index in [-0.39, 0.29) is 30.2 Å². The zero-order valence-corrected chi connectivity index (χ0v) is 20.1. The number of anilines is 1. The maximum atomic E-state index is 13.3. The molecule has 1 N–H and O–H groups in total. The smallest absolute Gasteiger partial charge is 0.294 e. The van der Waals surface area contributed by atoms with Gasteiger partial charge in [0.25, 0.3) is 5.91 Å². The molecule has 0 unspecified atom stereocenters. The lowest BCUT2D eigenvalue weighted by molar-refractivity contribution is -0.123. The molecule has 6 heteroatoms. The molecule has 2 amide bonds. The van der Waals surface area contributed by atoms with Gasteiger partial charge in [0, 0.05) is 0 Å².